The maximum absolute atomic E-state index is 13.6. The summed E-state index contributed by atoms with van der Waals surface area (Å²) in [6.45, 7) is 1.25. The molecular weight excluding hydrogens is 456 g/mol. The number of pyridine rings is 1. The third kappa shape index (κ3) is 3.76. The van der Waals surface area contributed by atoms with Crippen molar-refractivity contribution in [3.05, 3.63) is 69.4 Å². The molecule has 0 spiro atoms. The van der Waals surface area contributed by atoms with Crippen molar-refractivity contribution >= 4 is 23.2 Å². The van der Waals surface area contributed by atoms with Gasteiger partial charge in [-0.15, -0.1) is 0 Å². The van der Waals surface area contributed by atoms with Gasteiger partial charge in [0, 0.05) is 61.2 Å². The first-order valence-corrected chi connectivity index (χ1v) is 12.7. The Morgan fingerprint density at radius 3 is 2.69 bits per heavy atom. The SMILES string of the molecule is Cn1cc(-c2cccc(N3CCc4c(cc5n4CCCC5)C3=O)c2CO)cc(NC(=O)C2CC2)c1=O. The van der Waals surface area contributed by atoms with Gasteiger partial charge in [-0.05, 0) is 55.9 Å². The Morgan fingerprint density at radius 2 is 1.92 bits per heavy atom. The predicted octanol–water partition coefficient (Wildman–Crippen LogP) is 3.23. The van der Waals surface area contributed by atoms with E-state index in [-0.39, 0.29) is 35.6 Å². The maximum Gasteiger partial charge on any atom is 0.274 e. The van der Waals surface area contributed by atoms with Crippen molar-refractivity contribution in [2.75, 3.05) is 16.8 Å². The van der Waals surface area contributed by atoms with Crippen LogP contribution in [0.3, 0.4) is 0 Å². The molecule has 2 N–H and O–H groups in total. The Bertz CT molecular complexity index is 1450. The smallest absolute Gasteiger partial charge is 0.274 e. The van der Waals surface area contributed by atoms with E-state index < -0.39 is 0 Å². The first-order valence-electron chi connectivity index (χ1n) is 12.7. The number of rotatable bonds is 5. The summed E-state index contributed by atoms with van der Waals surface area (Å²) in [4.78, 5) is 40.4. The lowest BCUT2D eigenvalue weighted by molar-refractivity contribution is -0.117. The Labute approximate surface area is 209 Å². The number of aryl methyl sites for hydroxylation is 2. The molecule has 2 aliphatic heterocycles. The van der Waals surface area contributed by atoms with Gasteiger partial charge in [-0.1, -0.05) is 12.1 Å². The zero-order chi connectivity index (χ0) is 25.0. The van der Waals surface area contributed by atoms with Crippen LogP contribution in [0.4, 0.5) is 11.4 Å². The summed E-state index contributed by atoms with van der Waals surface area (Å²) >= 11 is 0. The van der Waals surface area contributed by atoms with Crippen LogP contribution in [0.5, 0.6) is 0 Å². The molecule has 0 saturated heterocycles. The molecule has 36 heavy (non-hydrogen) atoms. The highest BCUT2D eigenvalue weighted by Gasteiger charge is 2.32. The molecule has 0 bridgehead atoms. The van der Waals surface area contributed by atoms with E-state index in [1.165, 1.54) is 10.3 Å². The fourth-order valence-corrected chi connectivity index (χ4v) is 5.65. The lowest BCUT2D eigenvalue weighted by Crippen LogP contribution is -2.38. The number of aromatic nitrogens is 2. The van der Waals surface area contributed by atoms with E-state index in [4.69, 9.17) is 0 Å². The summed E-state index contributed by atoms with van der Waals surface area (Å²) in [7, 11) is 1.64. The van der Waals surface area contributed by atoms with Crippen LogP contribution < -0.4 is 15.8 Å². The van der Waals surface area contributed by atoms with Crippen LogP contribution in [0, 0.1) is 5.92 Å². The van der Waals surface area contributed by atoms with Crippen LogP contribution in [0.25, 0.3) is 11.1 Å². The zero-order valence-corrected chi connectivity index (χ0v) is 20.4. The van der Waals surface area contributed by atoms with Gasteiger partial charge in [0.2, 0.25) is 5.91 Å². The predicted molar refractivity (Wildman–Crippen MR) is 137 cm³/mol. The minimum absolute atomic E-state index is 0.0234. The molecule has 1 aromatic carbocycles. The summed E-state index contributed by atoms with van der Waals surface area (Å²) in [5.41, 5.74) is 5.78. The van der Waals surface area contributed by atoms with E-state index in [1.807, 2.05) is 24.3 Å². The molecule has 0 unspecified atom stereocenters. The number of aliphatic hydroxyl groups is 1. The van der Waals surface area contributed by atoms with Gasteiger partial charge in [-0.2, -0.15) is 0 Å². The summed E-state index contributed by atoms with van der Waals surface area (Å²) < 4.78 is 3.76. The number of carbonyl (C=O) groups excluding carboxylic acids is 2. The second-order valence-corrected chi connectivity index (χ2v) is 10.1. The maximum atomic E-state index is 13.6. The van der Waals surface area contributed by atoms with Gasteiger partial charge in [0.15, 0.2) is 0 Å². The first-order chi connectivity index (χ1) is 17.5. The molecule has 8 heteroatoms. The highest BCUT2D eigenvalue weighted by Crippen LogP contribution is 2.36. The van der Waals surface area contributed by atoms with Crippen LogP contribution in [0.1, 0.15) is 53.0 Å². The number of aliphatic hydroxyl groups excluding tert-OH is 1. The van der Waals surface area contributed by atoms with Crippen molar-refractivity contribution in [1.29, 1.82) is 0 Å². The number of benzene rings is 1. The number of carbonyl (C=O) groups is 2. The number of hydrogen-bond donors (Lipinski definition) is 2. The molecule has 3 aromatic rings. The van der Waals surface area contributed by atoms with Crippen molar-refractivity contribution in [2.24, 2.45) is 13.0 Å². The number of hydrogen-bond acceptors (Lipinski definition) is 4. The van der Waals surface area contributed by atoms with Crippen LogP contribution in [-0.4, -0.2) is 32.6 Å². The quantitative estimate of drug-likeness (QED) is 0.579. The summed E-state index contributed by atoms with van der Waals surface area (Å²) in [5.74, 6) is -0.196. The van der Waals surface area contributed by atoms with Gasteiger partial charge in [-0.3, -0.25) is 14.4 Å². The van der Waals surface area contributed by atoms with Gasteiger partial charge in [0.1, 0.15) is 5.69 Å². The molecule has 2 amide bonds. The van der Waals surface area contributed by atoms with Crippen molar-refractivity contribution in [2.45, 2.75) is 51.7 Å². The second kappa shape index (κ2) is 8.78. The second-order valence-electron chi connectivity index (χ2n) is 10.1. The molecule has 1 fully saturated rings. The fourth-order valence-electron chi connectivity index (χ4n) is 5.65. The van der Waals surface area contributed by atoms with Gasteiger partial charge in [-0.25, -0.2) is 0 Å². The largest absolute Gasteiger partial charge is 0.392 e. The van der Waals surface area contributed by atoms with Crippen LogP contribution in [0.15, 0.2) is 41.3 Å². The lowest BCUT2D eigenvalue weighted by Gasteiger charge is -2.30. The molecule has 186 valence electrons. The Morgan fingerprint density at radius 1 is 1.08 bits per heavy atom. The lowest BCUT2D eigenvalue weighted by atomic mass is 9.97. The summed E-state index contributed by atoms with van der Waals surface area (Å²) in [5, 5.41) is 13.2. The molecule has 2 aromatic heterocycles. The average molecular weight is 487 g/mol. The fraction of sp³-hybridized carbons (Fsp3) is 0.393. The summed E-state index contributed by atoms with van der Waals surface area (Å²) in [6.07, 6.45) is 7.46. The van der Waals surface area contributed by atoms with Crippen molar-refractivity contribution < 1.29 is 14.7 Å². The molecule has 8 nitrogen and oxygen atoms in total. The zero-order valence-electron chi connectivity index (χ0n) is 20.4. The molecule has 1 aliphatic carbocycles. The van der Waals surface area contributed by atoms with Crippen molar-refractivity contribution in [3.63, 3.8) is 0 Å². The number of nitrogens with one attached hydrogen (secondary N) is 1. The molecule has 4 heterocycles. The molecule has 6 rings (SSSR count). The van der Waals surface area contributed by atoms with E-state index in [9.17, 15) is 19.5 Å². The third-order valence-corrected chi connectivity index (χ3v) is 7.71. The Hall–Kier alpha value is -3.65. The van der Waals surface area contributed by atoms with Crippen molar-refractivity contribution in [3.8, 4) is 11.1 Å². The first kappa shape index (κ1) is 22.8. The minimum Gasteiger partial charge on any atom is -0.392 e. The van der Waals surface area contributed by atoms with Crippen LogP contribution >= 0.6 is 0 Å². The van der Waals surface area contributed by atoms with Gasteiger partial charge in [0.25, 0.3) is 11.5 Å². The standard InChI is InChI=1S/C28H30N4O4/c1-30-15-18(13-23(28(30)36)29-26(34)17-8-9-17)20-6-4-7-24(22(20)16-33)32-12-10-25-21(27(32)35)14-19-5-2-3-11-31(19)25/h4,6-7,13-15,17,33H,2-3,5,8-12,16H2,1H3,(H,29,34). The highest BCUT2D eigenvalue weighted by atomic mass is 16.3. The van der Waals surface area contributed by atoms with Gasteiger partial charge in [0.05, 0.1) is 17.9 Å². The summed E-state index contributed by atoms with van der Waals surface area (Å²) in [6, 6.07) is 9.32. The van der Waals surface area contributed by atoms with E-state index >= 15 is 0 Å². The Balaban J connectivity index is 1.39. The molecule has 1 saturated carbocycles. The number of anilines is 2. The average Bonchev–Trinajstić information content (AvgIpc) is 3.67. The van der Waals surface area contributed by atoms with E-state index in [0.717, 1.165) is 61.9 Å². The van der Waals surface area contributed by atoms with Crippen LogP contribution in [0.2, 0.25) is 0 Å². The number of amides is 2. The number of fused-ring (bicyclic) bond motifs is 3. The molecular formula is C28H30N4O4. The minimum atomic E-state index is -0.286. The third-order valence-electron chi connectivity index (χ3n) is 7.71. The van der Waals surface area contributed by atoms with E-state index in [1.54, 1.807) is 24.2 Å². The number of nitrogens with zero attached hydrogens (tertiary/aromatic N) is 3. The Kier molecular flexibility index (Phi) is 5.56. The molecule has 0 atom stereocenters. The van der Waals surface area contributed by atoms with Gasteiger partial charge >= 0.3 is 0 Å². The topological polar surface area (TPSA) is 96.6 Å². The van der Waals surface area contributed by atoms with Crippen LogP contribution in [-0.2, 0) is 37.8 Å². The van der Waals surface area contributed by atoms with E-state index in [2.05, 4.69) is 9.88 Å². The molecule has 3 aliphatic rings. The van der Waals surface area contributed by atoms with Gasteiger partial charge < -0.3 is 24.5 Å². The monoisotopic (exact) mass is 486 g/mol. The molecule has 0 radical (unpaired) electrons. The highest BCUT2D eigenvalue weighted by molar-refractivity contribution is 6.09. The normalized spacial score (nSPS) is 17.1. The van der Waals surface area contributed by atoms with Crippen molar-refractivity contribution in [1.82, 2.24) is 9.13 Å². The van der Waals surface area contributed by atoms with E-state index in [0.29, 0.717) is 23.4 Å².